The van der Waals surface area contributed by atoms with Crippen LogP contribution in [-0.2, 0) is 11.3 Å². The average molecular weight is 493 g/mol. The van der Waals surface area contributed by atoms with E-state index in [4.69, 9.17) is 0 Å². The van der Waals surface area contributed by atoms with E-state index in [2.05, 4.69) is 33.9 Å². The molecule has 1 saturated heterocycles. The predicted octanol–water partition coefficient (Wildman–Crippen LogP) is 6.27. The molecule has 4 rings (SSSR count). The van der Waals surface area contributed by atoms with Gasteiger partial charge in [0, 0.05) is 41.3 Å². The second-order valence-corrected chi connectivity index (χ2v) is 10.9. The first-order chi connectivity index (χ1) is 16.1. The van der Waals surface area contributed by atoms with Crippen molar-refractivity contribution in [3.63, 3.8) is 0 Å². The summed E-state index contributed by atoms with van der Waals surface area (Å²) in [5.41, 5.74) is -1.80. The van der Waals surface area contributed by atoms with Gasteiger partial charge in [-0.1, -0.05) is 19.3 Å². The lowest BCUT2D eigenvalue weighted by atomic mass is 9.88. The molecule has 0 radical (unpaired) electrons. The highest BCUT2D eigenvalue weighted by molar-refractivity contribution is 8.00. The maximum atomic E-state index is 12.8. The largest absolute Gasteiger partial charge is 0.446 e. The van der Waals surface area contributed by atoms with Crippen molar-refractivity contribution in [1.82, 2.24) is 9.88 Å². The molecule has 1 aliphatic heterocycles. The van der Waals surface area contributed by atoms with Crippen LogP contribution in [0.2, 0.25) is 0 Å². The van der Waals surface area contributed by atoms with E-state index in [1.807, 2.05) is 6.07 Å². The van der Waals surface area contributed by atoms with Crippen LogP contribution >= 0.6 is 11.8 Å². The topological polar surface area (TPSA) is 48.5 Å². The monoisotopic (exact) mass is 492 g/mol. The molecule has 184 valence electrons. The molecule has 1 saturated carbocycles. The van der Waals surface area contributed by atoms with Crippen LogP contribution in [0.1, 0.15) is 51.5 Å². The van der Waals surface area contributed by atoms with Crippen LogP contribution in [0.5, 0.6) is 0 Å². The molecule has 1 aliphatic carbocycles. The molecule has 2 heterocycles. The van der Waals surface area contributed by atoms with E-state index in [1.165, 1.54) is 18.6 Å². The number of aromatic nitrogens is 1. The quantitative estimate of drug-likeness (QED) is 0.482. The molecule has 2 aromatic rings. The summed E-state index contributed by atoms with van der Waals surface area (Å²) in [6.45, 7) is 6.32. The highest BCUT2D eigenvalue weighted by Crippen LogP contribution is 2.38. The number of hydrogen-bond donors (Lipinski definition) is 1. The number of hydrogen-bond acceptors (Lipinski definition) is 5. The Kier molecular flexibility index (Phi) is 7.42. The van der Waals surface area contributed by atoms with Gasteiger partial charge in [0.05, 0.1) is 18.6 Å². The maximum Gasteiger partial charge on any atom is 0.446 e. The fraction of sp³-hybridized carbons (Fsp3) is 0.520. The molecule has 2 fully saturated rings. The van der Waals surface area contributed by atoms with Crippen molar-refractivity contribution in [1.29, 1.82) is 0 Å². The van der Waals surface area contributed by atoms with E-state index in [0.717, 1.165) is 49.2 Å². The van der Waals surface area contributed by atoms with Crippen molar-refractivity contribution in [2.75, 3.05) is 23.4 Å². The molecule has 0 atom stereocenters. The number of amides is 1. The lowest BCUT2D eigenvalue weighted by molar-refractivity contribution is -0.120. The number of thioether (sulfide) groups is 1. The number of carbonyl (C=O) groups is 1. The first kappa shape index (κ1) is 24.9. The molecule has 1 aromatic carbocycles. The van der Waals surface area contributed by atoms with E-state index in [9.17, 15) is 18.0 Å². The van der Waals surface area contributed by atoms with E-state index in [0.29, 0.717) is 13.2 Å². The van der Waals surface area contributed by atoms with E-state index < -0.39 is 5.51 Å². The first-order valence-electron chi connectivity index (χ1n) is 11.7. The second kappa shape index (κ2) is 10.2. The van der Waals surface area contributed by atoms with Crippen LogP contribution < -0.4 is 10.2 Å². The van der Waals surface area contributed by atoms with Gasteiger partial charge in [-0.25, -0.2) is 0 Å². The Morgan fingerprint density at radius 2 is 1.85 bits per heavy atom. The van der Waals surface area contributed by atoms with Crippen LogP contribution in [-0.4, -0.2) is 40.1 Å². The number of pyridine rings is 1. The Balaban J connectivity index is 1.43. The Hall–Kier alpha value is -2.26. The molecule has 1 aromatic heterocycles. The van der Waals surface area contributed by atoms with Crippen molar-refractivity contribution in [3.8, 4) is 0 Å². The summed E-state index contributed by atoms with van der Waals surface area (Å²) in [6, 6.07) is 8.47. The number of carbonyl (C=O) groups excluding carboxylic acids is 1. The van der Waals surface area contributed by atoms with Gasteiger partial charge in [-0.15, -0.1) is 0 Å². The smallest absolute Gasteiger partial charge is 0.357 e. The number of benzene rings is 1. The van der Waals surface area contributed by atoms with Gasteiger partial charge in [-0.2, -0.15) is 13.2 Å². The van der Waals surface area contributed by atoms with Gasteiger partial charge in [0.2, 0.25) is 5.91 Å². The van der Waals surface area contributed by atoms with Crippen LogP contribution in [0.4, 0.5) is 24.5 Å². The summed E-state index contributed by atoms with van der Waals surface area (Å²) in [4.78, 5) is 21.7. The van der Waals surface area contributed by atoms with E-state index in [-0.39, 0.29) is 34.0 Å². The number of nitrogens with one attached hydrogen (secondary N) is 1. The van der Waals surface area contributed by atoms with Crippen LogP contribution in [0.15, 0.2) is 47.6 Å². The summed E-state index contributed by atoms with van der Waals surface area (Å²) in [5.74, 6) is 0.145. The molecule has 0 bridgehead atoms. The standard InChI is InChI=1S/C25H31F3N4OS/c1-24(2)16-31(20-8-10-21(11-9-20)34-25(26,27)28)17-32(24)15-19-12-13-29-14-22(19)30-23(33)18-6-4-3-5-7-18/h8-14,18H,3-7,15-17H2,1-2H3,(H,30,33). The van der Waals surface area contributed by atoms with Gasteiger partial charge in [0.15, 0.2) is 0 Å². The summed E-state index contributed by atoms with van der Waals surface area (Å²) in [6.07, 6.45) is 8.74. The average Bonchev–Trinajstić information content (AvgIpc) is 3.09. The molecular weight excluding hydrogens is 461 g/mol. The third kappa shape index (κ3) is 6.24. The first-order valence-corrected chi connectivity index (χ1v) is 12.5. The summed E-state index contributed by atoms with van der Waals surface area (Å²) < 4.78 is 37.9. The summed E-state index contributed by atoms with van der Waals surface area (Å²) in [7, 11) is 0. The van der Waals surface area contributed by atoms with Crippen LogP contribution in [0.25, 0.3) is 0 Å². The predicted molar refractivity (Wildman–Crippen MR) is 130 cm³/mol. The molecule has 9 heteroatoms. The van der Waals surface area contributed by atoms with E-state index >= 15 is 0 Å². The number of anilines is 2. The third-order valence-electron chi connectivity index (χ3n) is 6.72. The highest BCUT2D eigenvalue weighted by atomic mass is 32.2. The zero-order valence-corrected chi connectivity index (χ0v) is 20.4. The van der Waals surface area contributed by atoms with Crippen molar-refractivity contribution in [3.05, 3.63) is 48.3 Å². The van der Waals surface area contributed by atoms with Crippen LogP contribution in [0.3, 0.4) is 0 Å². The van der Waals surface area contributed by atoms with Gasteiger partial charge >= 0.3 is 5.51 Å². The number of alkyl halides is 3. The Morgan fingerprint density at radius 3 is 2.53 bits per heavy atom. The zero-order chi connectivity index (χ0) is 24.3. The number of rotatable bonds is 6. The Labute approximate surface area is 203 Å². The maximum absolute atomic E-state index is 12.8. The normalized spacial score (nSPS) is 19.4. The molecule has 1 N–H and O–H groups in total. The zero-order valence-electron chi connectivity index (χ0n) is 19.6. The van der Waals surface area contributed by atoms with Gasteiger partial charge in [0.1, 0.15) is 0 Å². The molecule has 34 heavy (non-hydrogen) atoms. The SMILES string of the molecule is CC1(C)CN(c2ccc(SC(F)(F)F)cc2)CN1Cc1ccncc1NC(=O)C1CCCCC1. The van der Waals surface area contributed by atoms with Crippen LogP contribution in [0, 0.1) is 5.92 Å². The number of nitrogens with zero attached hydrogens (tertiary/aromatic N) is 3. The fourth-order valence-electron chi connectivity index (χ4n) is 4.79. The van der Waals surface area contributed by atoms with Gasteiger partial charge < -0.3 is 10.2 Å². The van der Waals surface area contributed by atoms with Crippen molar-refractivity contribution >= 4 is 29.0 Å². The van der Waals surface area contributed by atoms with Gasteiger partial charge in [-0.05, 0) is 74.3 Å². The molecule has 2 aliphatic rings. The Morgan fingerprint density at radius 1 is 1.15 bits per heavy atom. The lowest BCUT2D eigenvalue weighted by Gasteiger charge is -2.30. The molecule has 0 unspecified atom stereocenters. The van der Waals surface area contributed by atoms with Crippen molar-refractivity contribution in [2.45, 2.75) is 68.4 Å². The molecular formula is C25H31F3N4OS. The van der Waals surface area contributed by atoms with Crippen molar-refractivity contribution in [2.24, 2.45) is 5.92 Å². The van der Waals surface area contributed by atoms with Gasteiger partial charge in [0.25, 0.3) is 0 Å². The molecule has 5 nitrogen and oxygen atoms in total. The summed E-state index contributed by atoms with van der Waals surface area (Å²) in [5, 5.41) is 3.11. The van der Waals surface area contributed by atoms with Crippen molar-refractivity contribution < 1.29 is 18.0 Å². The lowest BCUT2D eigenvalue weighted by Crippen LogP contribution is -2.39. The summed E-state index contributed by atoms with van der Waals surface area (Å²) >= 11 is -0.0987. The Bertz CT molecular complexity index is 990. The number of halogens is 3. The van der Waals surface area contributed by atoms with E-state index in [1.54, 1.807) is 24.5 Å². The second-order valence-electron chi connectivity index (χ2n) is 9.75. The molecule has 0 spiro atoms. The minimum atomic E-state index is -4.29. The third-order valence-corrected chi connectivity index (χ3v) is 7.46. The van der Waals surface area contributed by atoms with Gasteiger partial charge in [-0.3, -0.25) is 14.7 Å². The molecule has 1 amide bonds. The highest BCUT2D eigenvalue weighted by Gasteiger charge is 2.37. The minimum absolute atomic E-state index is 0.0685. The fourth-order valence-corrected chi connectivity index (χ4v) is 5.33. The minimum Gasteiger partial charge on any atom is -0.357 e.